The van der Waals surface area contributed by atoms with Crippen LogP contribution in [0.4, 0.5) is 0 Å². The minimum atomic E-state index is -0.926. The van der Waals surface area contributed by atoms with Gasteiger partial charge in [0.15, 0.2) is 5.60 Å². The van der Waals surface area contributed by atoms with Gasteiger partial charge in [0.05, 0.1) is 5.92 Å². The fraction of sp³-hybridized carbons (Fsp3) is 0.905. The van der Waals surface area contributed by atoms with E-state index in [1.807, 2.05) is 6.92 Å². The van der Waals surface area contributed by atoms with E-state index in [0.29, 0.717) is 18.3 Å². The van der Waals surface area contributed by atoms with Gasteiger partial charge in [0, 0.05) is 5.04 Å². The van der Waals surface area contributed by atoms with Crippen LogP contribution >= 0.6 is 0 Å². The standard InChI is InChI=1S/C21H32O6/c1-20-17(15-9-4-2-5-10-15)13-8-14-21(20,26-20)19(23)25-27-24-18(22)16-11-6-3-7-12-16/h15-17H,2-14H2,1H3. The van der Waals surface area contributed by atoms with E-state index in [4.69, 9.17) is 14.5 Å². The third-order valence-electron chi connectivity index (χ3n) is 7.61. The molecule has 0 amide bonds. The summed E-state index contributed by atoms with van der Waals surface area (Å²) in [4.78, 5) is 34.3. The molecule has 0 aromatic rings. The molecule has 3 saturated carbocycles. The molecule has 0 N–H and O–H groups in total. The van der Waals surface area contributed by atoms with Crippen molar-refractivity contribution in [1.29, 1.82) is 0 Å². The fourth-order valence-electron chi connectivity index (χ4n) is 5.98. The van der Waals surface area contributed by atoms with E-state index in [1.54, 1.807) is 0 Å². The van der Waals surface area contributed by atoms with Crippen LogP contribution in [0.15, 0.2) is 0 Å². The Kier molecular flexibility index (Phi) is 5.48. The Bertz CT molecular complexity index is 565. The van der Waals surface area contributed by atoms with Crippen LogP contribution in [0.2, 0.25) is 0 Å². The molecular weight excluding hydrogens is 348 g/mol. The molecule has 0 spiro atoms. The van der Waals surface area contributed by atoms with Crippen molar-refractivity contribution in [2.75, 3.05) is 0 Å². The summed E-state index contributed by atoms with van der Waals surface area (Å²) >= 11 is 0. The molecule has 0 bridgehead atoms. The van der Waals surface area contributed by atoms with Gasteiger partial charge in [-0.1, -0.05) is 51.4 Å². The topological polar surface area (TPSA) is 74.4 Å². The second-order valence-corrected chi connectivity index (χ2v) is 9.11. The van der Waals surface area contributed by atoms with Crippen molar-refractivity contribution < 1.29 is 29.1 Å². The van der Waals surface area contributed by atoms with E-state index in [2.05, 4.69) is 5.04 Å². The first-order valence-corrected chi connectivity index (χ1v) is 10.9. The lowest BCUT2D eigenvalue weighted by atomic mass is 9.65. The number of carbonyl (C=O) groups excluding carboxylic acids is 2. The van der Waals surface area contributed by atoms with Crippen LogP contribution in [-0.4, -0.2) is 23.1 Å². The van der Waals surface area contributed by atoms with Gasteiger partial charge < -0.3 is 4.74 Å². The molecule has 1 saturated heterocycles. The smallest absolute Gasteiger partial charge is 0.350 e. The third kappa shape index (κ3) is 3.51. The largest absolute Gasteiger partial charge is 0.381 e. The van der Waals surface area contributed by atoms with E-state index in [9.17, 15) is 9.59 Å². The number of hydrogen-bond donors (Lipinski definition) is 0. The molecule has 0 aromatic heterocycles. The van der Waals surface area contributed by atoms with Gasteiger partial charge in [0.2, 0.25) is 0 Å². The molecule has 0 aromatic carbocycles. The van der Waals surface area contributed by atoms with Crippen molar-refractivity contribution in [1.82, 2.24) is 0 Å². The van der Waals surface area contributed by atoms with Gasteiger partial charge >= 0.3 is 11.9 Å². The maximum absolute atomic E-state index is 12.7. The predicted octanol–water partition coefficient (Wildman–Crippen LogP) is 4.41. The summed E-state index contributed by atoms with van der Waals surface area (Å²) < 4.78 is 6.06. The molecule has 152 valence electrons. The summed E-state index contributed by atoms with van der Waals surface area (Å²) in [6, 6.07) is 0. The van der Waals surface area contributed by atoms with E-state index >= 15 is 0 Å². The van der Waals surface area contributed by atoms with Gasteiger partial charge in [-0.2, -0.15) is 0 Å². The van der Waals surface area contributed by atoms with E-state index in [-0.39, 0.29) is 5.92 Å². The van der Waals surface area contributed by atoms with Crippen molar-refractivity contribution in [3.63, 3.8) is 0 Å². The van der Waals surface area contributed by atoms with Crippen LogP contribution in [0, 0.1) is 17.8 Å². The normalized spacial score (nSPS) is 37.3. The zero-order chi connectivity index (χ0) is 18.9. The SMILES string of the molecule is CC12OC1(C(=O)OOOC(=O)C1CCCCC1)CCCC2C1CCCCC1. The highest BCUT2D eigenvalue weighted by molar-refractivity contribution is 5.84. The molecule has 6 nitrogen and oxygen atoms in total. The fourth-order valence-corrected chi connectivity index (χ4v) is 5.98. The van der Waals surface area contributed by atoms with Crippen LogP contribution < -0.4 is 0 Å². The maximum atomic E-state index is 12.7. The van der Waals surface area contributed by atoms with Crippen LogP contribution in [0.25, 0.3) is 0 Å². The minimum absolute atomic E-state index is 0.150. The molecular formula is C21H32O6. The van der Waals surface area contributed by atoms with E-state index in [1.165, 1.54) is 32.1 Å². The molecule has 3 unspecified atom stereocenters. The average Bonchev–Trinajstić information content (AvgIpc) is 3.36. The van der Waals surface area contributed by atoms with Gasteiger partial charge in [0.25, 0.3) is 0 Å². The second-order valence-electron chi connectivity index (χ2n) is 9.11. The Morgan fingerprint density at radius 2 is 1.52 bits per heavy atom. The number of ether oxygens (including phenoxy) is 1. The first-order valence-electron chi connectivity index (χ1n) is 10.9. The predicted molar refractivity (Wildman–Crippen MR) is 96.0 cm³/mol. The maximum Gasteiger partial charge on any atom is 0.381 e. The van der Waals surface area contributed by atoms with Gasteiger partial charge in [-0.15, -0.1) is 0 Å². The number of rotatable bonds is 5. The molecule has 4 rings (SSSR count). The monoisotopic (exact) mass is 380 g/mol. The van der Waals surface area contributed by atoms with Crippen LogP contribution in [0.1, 0.15) is 90.4 Å². The lowest BCUT2D eigenvalue weighted by Gasteiger charge is -2.36. The average molecular weight is 380 g/mol. The Morgan fingerprint density at radius 3 is 2.22 bits per heavy atom. The highest BCUT2D eigenvalue weighted by Gasteiger charge is 2.77. The molecule has 1 aliphatic heterocycles. The number of carbonyl (C=O) groups is 2. The Labute approximate surface area is 161 Å². The van der Waals surface area contributed by atoms with Crippen LogP contribution in [-0.2, 0) is 29.1 Å². The number of fused-ring (bicyclic) bond motifs is 1. The summed E-state index contributed by atoms with van der Waals surface area (Å²) in [5.41, 5.74) is -1.40. The van der Waals surface area contributed by atoms with Gasteiger partial charge in [-0.05, 0) is 50.9 Å². The molecule has 1 heterocycles. The summed E-state index contributed by atoms with van der Waals surface area (Å²) in [6.07, 6.45) is 13.8. The van der Waals surface area contributed by atoms with Gasteiger partial charge in [-0.3, -0.25) is 9.78 Å². The molecule has 4 fully saturated rings. The van der Waals surface area contributed by atoms with E-state index < -0.39 is 23.1 Å². The minimum Gasteiger partial charge on any atom is -0.350 e. The lowest BCUT2D eigenvalue weighted by Crippen LogP contribution is -2.44. The molecule has 27 heavy (non-hydrogen) atoms. The third-order valence-corrected chi connectivity index (χ3v) is 7.61. The highest BCUT2D eigenvalue weighted by Crippen LogP contribution is 2.63. The molecule has 3 atom stereocenters. The lowest BCUT2D eigenvalue weighted by molar-refractivity contribution is -0.462. The Morgan fingerprint density at radius 1 is 0.852 bits per heavy atom. The van der Waals surface area contributed by atoms with Crippen molar-refractivity contribution >= 4 is 11.9 Å². The second kappa shape index (κ2) is 7.70. The number of hydrogen-bond acceptors (Lipinski definition) is 6. The van der Waals surface area contributed by atoms with Crippen molar-refractivity contribution in [3.05, 3.63) is 0 Å². The zero-order valence-corrected chi connectivity index (χ0v) is 16.4. The first kappa shape index (κ1) is 19.2. The summed E-state index contributed by atoms with van der Waals surface area (Å²) in [6.45, 7) is 2.04. The molecule has 3 aliphatic carbocycles. The molecule has 4 aliphatic rings. The summed E-state index contributed by atoms with van der Waals surface area (Å²) in [7, 11) is 0. The van der Waals surface area contributed by atoms with Crippen molar-refractivity contribution in [2.24, 2.45) is 17.8 Å². The van der Waals surface area contributed by atoms with Gasteiger partial charge in [0.1, 0.15) is 5.60 Å². The summed E-state index contributed by atoms with van der Waals surface area (Å²) in [5, 5.41) is 4.60. The van der Waals surface area contributed by atoms with E-state index in [0.717, 1.165) is 44.9 Å². The zero-order valence-electron chi connectivity index (χ0n) is 16.4. The van der Waals surface area contributed by atoms with Crippen LogP contribution in [0.3, 0.4) is 0 Å². The molecule has 6 heteroatoms. The van der Waals surface area contributed by atoms with Crippen molar-refractivity contribution in [3.8, 4) is 0 Å². The molecule has 0 radical (unpaired) electrons. The highest BCUT2D eigenvalue weighted by atomic mass is 17.5. The quantitative estimate of drug-likeness (QED) is 0.400. The Hall–Kier alpha value is -1.14. The van der Waals surface area contributed by atoms with Gasteiger partial charge in [-0.25, -0.2) is 9.59 Å². The van der Waals surface area contributed by atoms with Crippen molar-refractivity contribution in [2.45, 2.75) is 102 Å². The summed E-state index contributed by atoms with van der Waals surface area (Å²) in [5.74, 6) is -0.124. The Balaban J connectivity index is 1.30. The van der Waals surface area contributed by atoms with Crippen LogP contribution in [0.5, 0.6) is 0 Å². The number of epoxide rings is 1. The first-order chi connectivity index (χ1) is 13.1.